The third kappa shape index (κ3) is 5.60. The summed E-state index contributed by atoms with van der Waals surface area (Å²) in [6.45, 7) is 6.83. The molecule has 0 fully saturated rings. The van der Waals surface area contributed by atoms with Gasteiger partial charge < -0.3 is 30.6 Å². The van der Waals surface area contributed by atoms with Gasteiger partial charge >= 0.3 is 0 Å². The minimum absolute atomic E-state index is 0.234. The fourth-order valence-corrected chi connectivity index (χ4v) is 4.25. The molecule has 1 aliphatic rings. The summed E-state index contributed by atoms with van der Waals surface area (Å²) < 4.78 is 7.06. The number of fused-ring (bicyclic) bond motifs is 2. The van der Waals surface area contributed by atoms with E-state index in [1.54, 1.807) is 24.3 Å². The number of benzene rings is 1. The molecule has 1 aliphatic heterocycles. The second kappa shape index (κ2) is 10.6. The van der Waals surface area contributed by atoms with Gasteiger partial charge in [-0.15, -0.1) is 0 Å². The number of pyridine rings is 1. The molecule has 0 radical (unpaired) electrons. The molecule has 0 spiro atoms. The van der Waals surface area contributed by atoms with Gasteiger partial charge in [0.25, 0.3) is 5.91 Å². The van der Waals surface area contributed by atoms with Crippen LogP contribution in [-0.2, 0) is 35.7 Å². The highest BCUT2D eigenvalue weighted by molar-refractivity contribution is 5.92. The second-order valence-electron chi connectivity index (χ2n) is 8.69. The van der Waals surface area contributed by atoms with E-state index >= 15 is 0 Å². The SMILES string of the molecule is COCCN(C=O)Cc1ccc2c(c1)NCc1nc(C(=O)NCc3c(C)cc(N)nc3C)cn1C2. The third-order valence-electron chi connectivity index (χ3n) is 6.16. The Labute approximate surface area is 204 Å². The lowest BCUT2D eigenvalue weighted by molar-refractivity contribution is -0.119. The molecule has 2 aromatic heterocycles. The third-order valence-corrected chi connectivity index (χ3v) is 6.16. The van der Waals surface area contributed by atoms with Crippen LogP contribution in [0.3, 0.4) is 0 Å². The Morgan fingerprint density at radius 3 is 2.89 bits per heavy atom. The van der Waals surface area contributed by atoms with Crippen LogP contribution < -0.4 is 16.4 Å². The van der Waals surface area contributed by atoms with Crippen LogP contribution in [0.5, 0.6) is 0 Å². The summed E-state index contributed by atoms with van der Waals surface area (Å²) in [6, 6.07) is 7.93. The van der Waals surface area contributed by atoms with Crippen LogP contribution in [0.25, 0.3) is 0 Å². The van der Waals surface area contributed by atoms with E-state index in [4.69, 9.17) is 10.5 Å². The van der Waals surface area contributed by atoms with E-state index in [9.17, 15) is 9.59 Å². The van der Waals surface area contributed by atoms with Gasteiger partial charge in [0.05, 0.1) is 19.7 Å². The highest BCUT2D eigenvalue weighted by Crippen LogP contribution is 2.24. The lowest BCUT2D eigenvalue weighted by atomic mass is 10.1. The molecule has 4 N–H and O–H groups in total. The van der Waals surface area contributed by atoms with Gasteiger partial charge in [-0.3, -0.25) is 9.59 Å². The Kier molecular flexibility index (Phi) is 7.31. The maximum atomic E-state index is 12.8. The molecule has 0 bridgehead atoms. The molecule has 3 heterocycles. The summed E-state index contributed by atoms with van der Waals surface area (Å²) in [6.07, 6.45) is 2.63. The first-order valence-corrected chi connectivity index (χ1v) is 11.5. The van der Waals surface area contributed by atoms with E-state index in [1.165, 1.54) is 0 Å². The van der Waals surface area contributed by atoms with Crippen LogP contribution in [0.15, 0.2) is 30.5 Å². The van der Waals surface area contributed by atoms with Crippen LogP contribution >= 0.6 is 0 Å². The van der Waals surface area contributed by atoms with E-state index in [-0.39, 0.29) is 5.91 Å². The van der Waals surface area contributed by atoms with Gasteiger partial charge in [0.1, 0.15) is 17.3 Å². The number of nitrogens with one attached hydrogen (secondary N) is 2. The number of nitrogens with two attached hydrogens (primary N) is 1. The molecule has 0 unspecified atom stereocenters. The first-order chi connectivity index (χ1) is 16.9. The number of ether oxygens (including phenoxy) is 1. The van der Waals surface area contributed by atoms with Crippen molar-refractivity contribution in [2.75, 3.05) is 31.3 Å². The number of anilines is 2. The van der Waals surface area contributed by atoms with Crippen molar-refractivity contribution in [2.45, 2.75) is 40.0 Å². The Morgan fingerprint density at radius 1 is 1.31 bits per heavy atom. The Bertz CT molecular complexity index is 1210. The van der Waals surface area contributed by atoms with Crippen molar-refractivity contribution in [3.8, 4) is 0 Å². The number of nitrogens with zero attached hydrogens (tertiary/aromatic N) is 4. The zero-order chi connectivity index (χ0) is 24.9. The summed E-state index contributed by atoms with van der Waals surface area (Å²) in [4.78, 5) is 34.7. The minimum atomic E-state index is -0.234. The van der Waals surface area contributed by atoms with Crippen molar-refractivity contribution in [2.24, 2.45) is 0 Å². The largest absolute Gasteiger partial charge is 0.384 e. The zero-order valence-corrected chi connectivity index (χ0v) is 20.3. The number of carbonyl (C=O) groups excluding carboxylic acids is 2. The van der Waals surface area contributed by atoms with Gasteiger partial charge in [0, 0.05) is 44.3 Å². The van der Waals surface area contributed by atoms with Crippen LogP contribution in [0.1, 0.15) is 44.3 Å². The number of methoxy groups -OCH3 is 1. The van der Waals surface area contributed by atoms with Crippen molar-refractivity contribution in [1.82, 2.24) is 24.8 Å². The second-order valence-corrected chi connectivity index (χ2v) is 8.69. The smallest absolute Gasteiger partial charge is 0.271 e. The fraction of sp³-hybridized carbons (Fsp3) is 0.360. The number of hydrogen-bond acceptors (Lipinski definition) is 7. The zero-order valence-electron chi connectivity index (χ0n) is 20.3. The van der Waals surface area contributed by atoms with Crippen molar-refractivity contribution in [3.05, 3.63) is 69.9 Å². The monoisotopic (exact) mass is 477 g/mol. The molecule has 0 saturated carbocycles. The number of hydrogen-bond donors (Lipinski definition) is 3. The van der Waals surface area contributed by atoms with E-state index in [1.807, 2.05) is 30.5 Å². The predicted molar refractivity (Wildman–Crippen MR) is 133 cm³/mol. The van der Waals surface area contributed by atoms with Crippen molar-refractivity contribution >= 4 is 23.8 Å². The molecule has 10 nitrogen and oxygen atoms in total. The molecule has 35 heavy (non-hydrogen) atoms. The van der Waals surface area contributed by atoms with Crippen LogP contribution in [-0.4, -0.2) is 52.0 Å². The Morgan fingerprint density at radius 2 is 2.14 bits per heavy atom. The van der Waals surface area contributed by atoms with Gasteiger partial charge in [-0.05, 0) is 48.2 Å². The van der Waals surface area contributed by atoms with Crippen molar-refractivity contribution < 1.29 is 14.3 Å². The van der Waals surface area contributed by atoms with Gasteiger partial charge in [0.15, 0.2) is 0 Å². The molecular formula is C25H31N7O3. The van der Waals surface area contributed by atoms with Crippen LogP contribution in [0, 0.1) is 13.8 Å². The van der Waals surface area contributed by atoms with E-state index in [0.717, 1.165) is 45.9 Å². The normalized spacial score (nSPS) is 12.2. The summed E-state index contributed by atoms with van der Waals surface area (Å²) in [5, 5.41) is 6.37. The molecule has 10 heteroatoms. The van der Waals surface area contributed by atoms with Crippen molar-refractivity contribution in [1.29, 1.82) is 0 Å². The summed E-state index contributed by atoms with van der Waals surface area (Å²) in [7, 11) is 1.62. The van der Waals surface area contributed by atoms with Gasteiger partial charge in [0.2, 0.25) is 6.41 Å². The quantitative estimate of drug-likeness (QED) is 0.402. The number of amides is 2. The highest BCUT2D eigenvalue weighted by atomic mass is 16.5. The average molecular weight is 478 g/mol. The number of carbonyl (C=O) groups is 2. The molecule has 0 saturated heterocycles. The van der Waals surface area contributed by atoms with Crippen molar-refractivity contribution in [3.63, 3.8) is 0 Å². The fourth-order valence-electron chi connectivity index (χ4n) is 4.25. The minimum Gasteiger partial charge on any atom is -0.384 e. The van der Waals surface area contributed by atoms with E-state index in [0.29, 0.717) is 50.8 Å². The molecule has 1 aromatic carbocycles. The van der Waals surface area contributed by atoms with E-state index < -0.39 is 0 Å². The molecule has 0 aliphatic carbocycles. The molecule has 184 valence electrons. The lowest BCUT2D eigenvalue weighted by Crippen LogP contribution is -2.25. The molecule has 0 atom stereocenters. The summed E-state index contributed by atoms with van der Waals surface area (Å²) in [5.74, 6) is 1.02. The van der Waals surface area contributed by atoms with Crippen LogP contribution in [0.2, 0.25) is 0 Å². The standard InChI is InChI=1S/C25H31N7O3/c1-16-8-23(26)29-17(2)20(16)10-28-25(34)22-14-32-13-19-5-4-18(12-31(15-33)6-7-35-3)9-21(19)27-11-24(32)30-22/h4-5,8-9,14-15,27H,6-7,10-13H2,1-3H3,(H2,26,29)(H,28,34). The summed E-state index contributed by atoms with van der Waals surface area (Å²) in [5.41, 5.74) is 12.0. The summed E-state index contributed by atoms with van der Waals surface area (Å²) >= 11 is 0. The lowest BCUT2D eigenvalue weighted by Gasteiger charge is -2.18. The highest BCUT2D eigenvalue weighted by Gasteiger charge is 2.19. The molecule has 2 amide bonds. The van der Waals surface area contributed by atoms with Crippen LogP contribution in [0.4, 0.5) is 11.5 Å². The van der Waals surface area contributed by atoms with Gasteiger partial charge in [-0.2, -0.15) is 0 Å². The average Bonchev–Trinajstić information content (AvgIpc) is 3.15. The predicted octanol–water partition coefficient (Wildman–Crippen LogP) is 1.99. The number of aryl methyl sites for hydroxylation is 2. The number of aromatic nitrogens is 3. The molecule has 4 rings (SSSR count). The molecule has 3 aromatic rings. The first-order valence-electron chi connectivity index (χ1n) is 11.5. The van der Waals surface area contributed by atoms with Gasteiger partial charge in [-0.25, -0.2) is 9.97 Å². The number of nitrogen functional groups attached to an aromatic ring is 1. The Hall–Kier alpha value is -3.92. The Balaban J connectivity index is 1.43. The molecular weight excluding hydrogens is 446 g/mol. The topological polar surface area (TPSA) is 127 Å². The first kappa shape index (κ1) is 24.2. The maximum Gasteiger partial charge on any atom is 0.271 e. The number of imidazole rings is 1. The maximum absolute atomic E-state index is 12.8. The van der Waals surface area contributed by atoms with Gasteiger partial charge in [-0.1, -0.05) is 12.1 Å². The number of rotatable bonds is 9. The van der Waals surface area contributed by atoms with E-state index in [2.05, 4.69) is 26.7 Å².